The number of aromatic hydroxyl groups is 1. The summed E-state index contributed by atoms with van der Waals surface area (Å²) in [6.45, 7) is 2.25. The highest BCUT2D eigenvalue weighted by Gasteiger charge is 2.45. The van der Waals surface area contributed by atoms with E-state index in [1.165, 1.54) is 26.0 Å². The maximum Gasteiger partial charge on any atom is 0.127 e. The lowest BCUT2D eigenvalue weighted by Crippen LogP contribution is -2.45. The van der Waals surface area contributed by atoms with Crippen LogP contribution in [0.15, 0.2) is 23.8 Å². The van der Waals surface area contributed by atoms with Crippen molar-refractivity contribution in [1.29, 1.82) is 0 Å². The van der Waals surface area contributed by atoms with Crippen LogP contribution in [0.25, 0.3) is 0 Å². The quantitative estimate of drug-likeness (QED) is 0.716. The minimum atomic E-state index is -2.72. The molecule has 0 saturated carbocycles. The highest BCUT2D eigenvalue weighted by Crippen LogP contribution is 2.53. The molecular formula is C21H30O2. The molecule has 0 radical (unpaired) electrons. The molecule has 1 heterocycles. The van der Waals surface area contributed by atoms with Crippen LogP contribution in [0.3, 0.4) is 0 Å². The minimum Gasteiger partial charge on any atom is -0.507 e. The minimum absolute atomic E-state index is 0.0373. The van der Waals surface area contributed by atoms with Crippen LogP contribution in [0.1, 0.15) is 89.1 Å². The zero-order valence-corrected chi connectivity index (χ0v) is 13.9. The number of allylic oxidation sites excluding steroid dienone is 2. The molecule has 0 aromatic heterocycles. The van der Waals surface area contributed by atoms with E-state index >= 15 is 0 Å². The highest BCUT2D eigenvalue weighted by atomic mass is 16.5. The summed E-state index contributed by atoms with van der Waals surface area (Å²) in [4.78, 5) is 0. The van der Waals surface area contributed by atoms with Gasteiger partial charge in [-0.05, 0) is 64.0 Å². The third-order valence-corrected chi connectivity index (χ3v) is 4.34. The van der Waals surface area contributed by atoms with Gasteiger partial charge < -0.3 is 9.84 Å². The summed E-state index contributed by atoms with van der Waals surface area (Å²) in [6, 6.07) is 2.24. The smallest absolute Gasteiger partial charge is 0.127 e. The van der Waals surface area contributed by atoms with Crippen molar-refractivity contribution < 1.29 is 22.2 Å². The number of phenols is 1. The number of rotatable bonds is 4. The van der Waals surface area contributed by atoms with Crippen LogP contribution in [0.2, 0.25) is 0 Å². The van der Waals surface area contributed by atoms with E-state index in [2.05, 4.69) is 0 Å². The largest absolute Gasteiger partial charge is 0.507 e. The first-order valence-corrected chi connectivity index (χ1v) is 8.17. The van der Waals surface area contributed by atoms with Crippen molar-refractivity contribution in [3.8, 4) is 11.5 Å². The number of hydrogen-bond acceptors (Lipinski definition) is 2. The van der Waals surface area contributed by atoms with E-state index in [4.69, 9.17) is 15.7 Å². The number of fused-ring (bicyclic) bond motifs is 3. The lowest BCUT2D eigenvalue weighted by atomic mass is 9.68. The Kier molecular flexibility index (Phi) is 2.33. The molecule has 0 saturated heterocycles. The molecule has 1 N–H and O–H groups in total. The van der Waals surface area contributed by atoms with Crippen LogP contribution in [0, 0.1) is 5.89 Å². The van der Waals surface area contributed by atoms with Crippen molar-refractivity contribution in [3.63, 3.8) is 0 Å². The lowest BCUT2D eigenvalue weighted by Gasteiger charge is -2.46. The average molecular weight is 324 g/mol. The van der Waals surface area contributed by atoms with Gasteiger partial charge in [0.25, 0.3) is 0 Å². The Bertz CT molecular complexity index is 949. The Balaban J connectivity index is 2.31. The van der Waals surface area contributed by atoms with Crippen LogP contribution < -0.4 is 4.74 Å². The maximum atomic E-state index is 10.9. The molecule has 1 aromatic carbocycles. The van der Waals surface area contributed by atoms with Gasteiger partial charge in [0.15, 0.2) is 0 Å². The van der Waals surface area contributed by atoms with Gasteiger partial charge in [0.2, 0.25) is 0 Å². The van der Waals surface area contributed by atoms with E-state index in [1.54, 1.807) is 0 Å². The molecule has 3 rings (SSSR count). The van der Waals surface area contributed by atoms with Crippen molar-refractivity contribution in [2.45, 2.75) is 77.6 Å². The van der Waals surface area contributed by atoms with Gasteiger partial charge in [0.05, 0.1) is 1.37 Å². The second-order valence-corrected chi connectivity index (χ2v) is 6.62. The summed E-state index contributed by atoms with van der Waals surface area (Å²) in [5.74, 6) is -3.87. The van der Waals surface area contributed by atoms with E-state index in [1.807, 2.05) is 6.92 Å². The molecule has 2 atom stereocenters. The Morgan fingerprint density at radius 3 is 3.09 bits per heavy atom. The molecule has 1 aromatic rings. The van der Waals surface area contributed by atoms with Gasteiger partial charge in [0, 0.05) is 28.3 Å². The summed E-state index contributed by atoms with van der Waals surface area (Å²) in [6.07, 6.45) is -3.07. The number of phenolic OH excluding ortho intramolecular Hbond substituents is 1. The molecule has 0 fully saturated rings. The molecule has 2 heteroatoms. The Labute approximate surface area is 153 Å². The van der Waals surface area contributed by atoms with E-state index in [0.29, 0.717) is 6.42 Å². The van der Waals surface area contributed by atoms with Gasteiger partial charge in [-0.2, -0.15) is 0 Å². The van der Waals surface area contributed by atoms with Gasteiger partial charge in [-0.15, -0.1) is 0 Å². The second kappa shape index (κ2) is 6.22. The molecule has 0 unspecified atom stereocenters. The van der Waals surface area contributed by atoms with E-state index in [-0.39, 0.29) is 28.9 Å². The summed E-state index contributed by atoms with van der Waals surface area (Å²) >= 11 is 0. The fourth-order valence-electron chi connectivity index (χ4n) is 3.19. The van der Waals surface area contributed by atoms with Crippen LogP contribution in [0.5, 0.6) is 11.5 Å². The Morgan fingerprint density at radius 2 is 2.35 bits per heavy atom. The number of aryl methyl sites for hydroxylation is 1. The molecule has 0 amide bonds. The van der Waals surface area contributed by atoms with Gasteiger partial charge in [-0.3, -0.25) is 0 Å². The van der Waals surface area contributed by atoms with Crippen molar-refractivity contribution >= 4 is 0 Å². The molecular weight excluding hydrogens is 284 g/mol. The molecule has 2 aliphatic rings. The van der Waals surface area contributed by atoms with Gasteiger partial charge in [-0.1, -0.05) is 31.4 Å². The fourth-order valence-corrected chi connectivity index (χ4v) is 3.19. The van der Waals surface area contributed by atoms with Crippen LogP contribution in [-0.2, 0) is 6.37 Å². The summed E-state index contributed by atoms with van der Waals surface area (Å²) in [5, 5.41) is 10.9. The van der Waals surface area contributed by atoms with Crippen LogP contribution in [0.4, 0.5) is 0 Å². The van der Waals surface area contributed by atoms with Gasteiger partial charge in [0.1, 0.15) is 17.1 Å². The summed E-state index contributed by atoms with van der Waals surface area (Å²) in [7, 11) is 0. The zero-order chi connectivity index (χ0) is 24.5. The van der Waals surface area contributed by atoms with Crippen LogP contribution >= 0.6 is 0 Å². The van der Waals surface area contributed by atoms with E-state index in [9.17, 15) is 6.48 Å². The second-order valence-electron chi connectivity index (χ2n) is 6.62. The fraction of sp³-hybridized carbons (Fsp3) is 0.619. The summed E-state index contributed by atoms with van der Waals surface area (Å²) < 4.78 is 81.3. The molecule has 1 aliphatic heterocycles. The zero-order valence-electron chi connectivity index (χ0n) is 22.9. The van der Waals surface area contributed by atoms with Crippen LogP contribution in [-0.4, -0.2) is 10.7 Å². The molecule has 2 nitrogen and oxygen atoms in total. The highest BCUT2D eigenvalue weighted by molar-refractivity contribution is 5.53. The number of unbranched alkanes of at least 4 members (excludes halogenated alkanes) is 1. The standard InChI is InChI=1S/C21H30O2/c1-5-6-7-8-15-12-18(22)20-16-11-14(2)9-10-17(16)21(3,4)23-19(20)13-15/h11-13,16-17,22H,5-10H2,1-4H3/t16-,17-/m1/s1/i2D3,8D2,10D2,11D,17D. The normalized spacial score (nSPS) is 37.9. The Morgan fingerprint density at radius 1 is 1.52 bits per heavy atom. The van der Waals surface area contributed by atoms with Crippen molar-refractivity contribution in [3.05, 3.63) is 34.9 Å². The SMILES string of the molecule is [2H]C1=C(C([2H])([2H])[2H])CC([2H])([2H])[C@]2([2H])[C@@H]1c1c(O)cc(C([2H])([2H])CCCC)cc1OC2(C)C. The average Bonchev–Trinajstić information content (AvgIpc) is 2.63. The third kappa shape index (κ3) is 3.13. The number of ether oxygens (including phenoxy) is 1. The van der Waals surface area contributed by atoms with Crippen molar-refractivity contribution in [2.24, 2.45) is 5.89 Å². The topological polar surface area (TPSA) is 29.5 Å². The third-order valence-electron chi connectivity index (χ3n) is 4.34. The molecule has 126 valence electrons. The monoisotopic (exact) mass is 323 g/mol. The first-order valence-electron chi connectivity index (χ1n) is 12.7. The Hall–Kier alpha value is -1.44. The number of hydrogen-bond donors (Lipinski definition) is 1. The van der Waals surface area contributed by atoms with E-state index in [0.717, 1.165) is 6.42 Å². The molecule has 0 spiro atoms. The predicted molar refractivity (Wildman–Crippen MR) is 95.3 cm³/mol. The number of benzene rings is 1. The molecule has 0 bridgehead atoms. The molecule has 23 heavy (non-hydrogen) atoms. The van der Waals surface area contributed by atoms with Crippen molar-refractivity contribution in [1.82, 2.24) is 0 Å². The predicted octanol–water partition coefficient (Wildman–Crippen LogP) is 5.74. The first-order chi connectivity index (χ1) is 14.4. The lowest BCUT2D eigenvalue weighted by molar-refractivity contribution is 0.0107. The molecule has 1 aliphatic carbocycles. The maximum absolute atomic E-state index is 10.9. The van der Waals surface area contributed by atoms with E-state index < -0.39 is 55.2 Å². The summed E-state index contributed by atoms with van der Waals surface area (Å²) in [5.41, 5.74) is -1.73. The van der Waals surface area contributed by atoms with Gasteiger partial charge >= 0.3 is 0 Å². The van der Waals surface area contributed by atoms with Crippen molar-refractivity contribution in [2.75, 3.05) is 0 Å². The van der Waals surface area contributed by atoms with Gasteiger partial charge in [-0.25, -0.2) is 0 Å². The first kappa shape index (κ1) is 8.60.